The summed E-state index contributed by atoms with van der Waals surface area (Å²) in [6.07, 6.45) is 0.835. The standard InChI is InChI=1S/C20H22ClN5O4S2/c1-23-5-4-15-17(12-23)31-19(22-15)20(27)24-6-8-25(9-7-24)32(29,30)18-11-13-10-14(21)2-3-16(13)26(18)28/h2-3,10-11,28H,4-9,12H2,1H3. The molecule has 9 nitrogen and oxygen atoms in total. The predicted molar refractivity (Wildman–Crippen MR) is 121 cm³/mol. The maximum Gasteiger partial charge on any atom is 0.282 e. The van der Waals surface area contributed by atoms with Gasteiger partial charge in [0.25, 0.3) is 15.9 Å². The van der Waals surface area contributed by atoms with E-state index in [1.165, 1.54) is 21.7 Å². The number of halogens is 1. The summed E-state index contributed by atoms with van der Waals surface area (Å²) in [5, 5.41) is 11.7. The van der Waals surface area contributed by atoms with Crippen LogP contribution in [-0.4, -0.2) is 83.1 Å². The Morgan fingerprint density at radius 1 is 1.16 bits per heavy atom. The number of sulfonamides is 1. The molecule has 1 saturated heterocycles. The first-order valence-corrected chi connectivity index (χ1v) is 12.8. The molecule has 1 amide bonds. The van der Waals surface area contributed by atoms with Crippen molar-refractivity contribution in [2.24, 2.45) is 0 Å². The molecule has 5 rings (SSSR count). The first-order chi connectivity index (χ1) is 15.2. The summed E-state index contributed by atoms with van der Waals surface area (Å²) in [5.41, 5.74) is 1.36. The second kappa shape index (κ2) is 7.99. The van der Waals surface area contributed by atoms with Crippen LogP contribution in [0, 0.1) is 0 Å². The number of thiazole rings is 1. The molecule has 0 bridgehead atoms. The minimum atomic E-state index is -3.94. The van der Waals surface area contributed by atoms with Crippen LogP contribution in [-0.2, 0) is 23.0 Å². The van der Waals surface area contributed by atoms with Gasteiger partial charge in [-0.15, -0.1) is 11.3 Å². The monoisotopic (exact) mass is 495 g/mol. The van der Waals surface area contributed by atoms with Crippen LogP contribution in [0.2, 0.25) is 5.02 Å². The Kier molecular flexibility index (Phi) is 5.41. The van der Waals surface area contributed by atoms with Crippen LogP contribution in [0.5, 0.6) is 0 Å². The zero-order valence-electron chi connectivity index (χ0n) is 17.4. The summed E-state index contributed by atoms with van der Waals surface area (Å²) < 4.78 is 28.3. The van der Waals surface area contributed by atoms with E-state index in [4.69, 9.17) is 11.6 Å². The largest absolute Gasteiger partial charge is 0.427 e. The van der Waals surface area contributed by atoms with Crippen molar-refractivity contribution < 1.29 is 18.4 Å². The van der Waals surface area contributed by atoms with Crippen molar-refractivity contribution in [3.8, 4) is 0 Å². The highest BCUT2D eigenvalue weighted by atomic mass is 35.5. The van der Waals surface area contributed by atoms with Crippen LogP contribution in [0.15, 0.2) is 29.3 Å². The molecular weight excluding hydrogens is 474 g/mol. The first kappa shape index (κ1) is 21.7. The maximum atomic E-state index is 13.2. The van der Waals surface area contributed by atoms with E-state index in [0.717, 1.165) is 30.1 Å². The van der Waals surface area contributed by atoms with Crippen molar-refractivity contribution in [2.45, 2.75) is 18.0 Å². The van der Waals surface area contributed by atoms with Gasteiger partial charge in [0.15, 0.2) is 10.0 Å². The van der Waals surface area contributed by atoms with Crippen molar-refractivity contribution in [2.75, 3.05) is 39.8 Å². The number of aromatic nitrogens is 2. The highest BCUT2D eigenvalue weighted by Crippen LogP contribution is 2.28. The molecule has 0 saturated carbocycles. The number of amides is 1. The fraction of sp³-hybridized carbons (Fsp3) is 0.400. The van der Waals surface area contributed by atoms with Crippen LogP contribution in [0.3, 0.4) is 0 Å². The van der Waals surface area contributed by atoms with Crippen molar-refractivity contribution in [3.63, 3.8) is 0 Å². The van der Waals surface area contributed by atoms with Crippen LogP contribution in [0.4, 0.5) is 0 Å². The average molecular weight is 496 g/mol. The predicted octanol–water partition coefficient (Wildman–Crippen LogP) is 2.12. The van der Waals surface area contributed by atoms with Gasteiger partial charge in [-0.3, -0.25) is 4.79 Å². The molecule has 4 heterocycles. The Labute approximate surface area is 194 Å². The van der Waals surface area contributed by atoms with Crippen LogP contribution < -0.4 is 0 Å². The third-order valence-corrected chi connectivity index (χ3v) is 9.11. The van der Waals surface area contributed by atoms with Crippen molar-refractivity contribution in [1.82, 2.24) is 23.8 Å². The molecule has 2 aliphatic rings. The Morgan fingerprint density at radius 2 is 1.91 bits per heavy atom. The van der Waals surface area contributed by atoms with Gasteiger partial charge in [-0.25, -0.2) is 13.4 Å². The lowest BCUT2D eigenvalue weighted by molar-refractivity contribution is 0.0695. The van der Waals surface area contributed by atoms with Crippen molar-refractivity contribution in [1.29, 1.82) is 0 Å². The number of rotatable bonds is 3. The Morgan fingerprint density at radius 3 is 2.66 bits per heavy atom. The Hall–Kier alpha value is -2.18. The van der Waals surface area contributed by atoms with E-state index in [2.05, 4.69) is 9.88 Å². The van der Waals surface area contributed by atoms with E-state index in [0.29, 0.717) is 25.7 Å². The number of fused-ring (bicyclic) bond motifs is 2. The lowest BCUT2D eigenvalue weighted by atomic mass is 10.2. The van der Waals surface area contributed by atoms with E-state index in [9.17, 15) is 18.4 Å². The second-order valence-electron chi connectivity index (χ2n) is 8.07. The molecule has 0 radical (unpaired) electrons. The zero-order chi connectivity index (χ0) is 22.6. The molecule has 1 N–H and O–H groups in total. The second-order valence-corrected chi connectivity index (χ2v) is 11.5. The van der Waals surface area contributed by atoms with Gasteiger partial charge in [0.2, 0.25) is 0 Å². The van der Waals surface area contributed by atoms with Gasteiger partial charge in [-0.2, -0.15) is 9.04 Å². The number of nitrogens with zero attached hydrogens (tertiary/aromatic N) is 5. The van der Waals surface area contributed by atoms with Gasteiger partial charge in [-0.05, 0) is 31.3 Å². The number of hydrogen-bond acceptors (Lipinski definition) is 7. The molecular formula is C20H22ClN5O4S2. The number of benzene rings is 1. The molecule has 0 spiro atoms. The molecule has 32 heavy (non-hydrogen) atoms. The minimum Gasteiger partial charge on any atom is -0.427 e. The molecule has 0 aliphatic carbocycles. The fourth-order valence-corrected chi connectivity index (χ4v) is 6.98. The van der Waals surface area contributed by atoms with Crippen molar-refractivity contribution in [3.05, 3.63) is 44.9 Å². The van der Waals surface area contributed by atoms with Crippen molar-refractivity contribution >= 4 is 49.8 Å². The van der Waals surface area contributed by atoms with Gasteiger partial charge in [-0.1, -0.05) is 11.6 Å². The highest BCUT2D eigenvalue weighted by molar-refractivity contribution is 7.89. The quantitative estimate of drug-likeness (QED) is 0.559. The van der Waals surface area contributed by atoms with E-state index < -0.39 is 10.0 Å². The van der Waals surface area contributed by atoms with E-state index in [1.54, 1.807) is 23.1 Å². The van der Waals surface area contributed by atoms with E-state index in [-0.39, 0.29) is 37.1 Å². The Bertz CT molecular complexity index is 1310. The third kappa shape index (κ3) is 3.67. The smallest absolute Gasteiger partial charge is 0.282 e. The molecule has 1 fully saturated rings. The van der Waals surface area contributed by atoms with E-state index in [1.807, 2.05) is 7.05 Å². The van der Waals surface area contributed by atoms with Gasteiger partial charge in [0.1, 0.15) is 0 Å². The van der Waals surface area contributed by atoms with Gasteiger partial charge in [0, 0.05) is 61.0 Å². The molecule has 12 heteroatoms. The summed E-state index contributed by atoms with van der Waals surface area (Å²) in [6, 6.07) is 6.17. The van der Waals surface area contributed by atoms with E-state index >= 15 is 0 Å². The fourth-order valence-electron chi connectivity index (χ4n) is 4.14. The topological polar surface area (TPSA) is 99.0 Å². The molecule has 170 valence electrons. The SMILES string of the molecule is CN1CCc2nc(C(=O)N3CCN(S(=O)(=O)c4cc5cc(Cl)ccc5n4O)CC3)sc2C1. The molecule has 1 aromatic carbocycles. The summed E-state index contributed by atoms with van der Waals surface area (Å²) in [4.78, 5) is 22.5. The lowest BCUT2D eigenvalue weighted by Crippen LogP contribution is -2.50. The number of carbonyl (C=O) groups is 1. The molecule has 0 unspecified atom stereocenters. The lowest BCUT2D eigenvalue weighted by Gasteiger charge is -2.33. The van der Waals surface area contributed by atoms with Gasteiger partial charge in [0.05, 0.1) is 11.2 Å². The number of piperazine rings is 1. The molecule has 2 aromatic heterocycles. The van der Waals surface area contributed by atoms with Crippen LogP contribution in [0.25, 0.3) is 10.9 Å². The number of likely N-dealkylation sites (N-methyl/N-ethyl adjacent to an activating group) is 1. The third-order valence-electron chi connectivity index (χ3n) is 5.94. The first-order valence-electron chi connectivity index (χ1n) is 10.2. The molecule has 3 aromatic rings. The highest BCUT2D eigenvalue weighted by Gasteiger charge is 2.34. The van der Waals surface area contributed by atoms with Gasteiger partial charge < -0.3 is 15.0 Å². The summed E-state index contributed by atoms with van der Waals surface area (Å²) >= 11 is 7.41. The normalized spacial score (nSPS) is 18.2. The minimum absolute atomic E-state index is 0.143. The molecule has 0 atom stereocenters. The molecule has 2 aliphatic heterocycles. The summed E-state index contributed by atoms with van der Waals surface area (Å²) in [6.45, 7) is 2.54. The van der Waals surface area contributed by atoms with Crippen LogP contribution >= 0.6 is 22.9 Å². The Balaban J connectivity index is 1.31. The number of hydrogen-bond donors (Lipinski definition) is 1. The zero-order valence-corrected chi connectivity index (χ0v) is 19.8. The number of carbonyl (C=O) groups excluding carboxylic acids is 1. The summed E-state index contributed by atoms with van der Waals surface area (Å²) in [5.74, 6) is -0.157. The summed E-state index contributed by atoms with van der Waals surface area (Å²) in [7, 11) is -1.90. The maximum absolute atomic E-state index is 13.2. The van der Waals surface area contributed by atoms with Crippen LogP contribution in [0.1, 0.15) is 20.4 Å². The van der Waals surface area contributed by atoms with Gasteiger partial charge >= 0.3 is 0 Å². The average Bonchev–Trinajstić information content (AvgIpc) is 3.34.